The number of likely N-dealkylation sites (tertiary alicyclic amines) is 1. The molecule has 3 aromatic rings. The number of benzene rings is 3. The topological polar surface area (TPSA) is 154 Å². The fraction of sp³-hybridized carbons (Fsp3) is 0.548. The van der Waals surface area contributed by atoms with Gasteiger partial charge in [-0.3, -0.25) is 19.3 Å². The summed E-state index contributed by atoms with van der Waals surface area (Å²) in [6, 6.07) is 19.6. The van der Waals surface area contributed by atoms with Crippen molar-refractivity contribution in [3.63, 3.8) is 0 Å². The molecule has 1 heterocycles. The molecule has 2 fully saturated rings. The minimum atomic E-state index is -3.90. The summed E-state index contributed by atoms with van der Waals surface area (Å²) in [5.74, 6) is -0.178. The van der Waals surface area contributed by atoms with E-state index in [0.717, 1.165) is 48.3 Å². The van der Waals surface area contributed by atoms with E-state index >= 15 is 0 Å². The average molecular weight is 763 g/mol. The number of fused-ring (bicyclic) bond motifs is 2. The van der Waals surface area contributed by atoms with Gasteiger partial charge in [0.15, 0.2) is 16.4 Å². The minimum Gasteiger partial charge on any atom is -0.483 e. The first-order valence-electron chi connectivity index (χ1n) is 19.1. The molecule has 0 radical (unpaired) electrons. The van der Waals surface area contributed by atoms with E-state index in [1.165, 1.54) is 13.8 Å². The normalized spacial score (nSPS) is 21.3. The van der Waals surface area contributed by atoms with Gasteiger partial charge in [-0.25, -0.2) is 8.42 Å². The summed E-state index contributed by atoms with van der Waals surface area (Å²) < 4.78 is 30.4. The van der Waals surface area contributed by atoms with Crippen LogP contribution in [0.25, 0.3) is 10.8 Å². The van der Waals surface area contributed by atoms with Crippen molar-refractivity contribution in [3.05, 3.63) is 78.4 Å². The Morgan fingerprint density at radius 2 is 1.54 bits per heavy atom. The molecule has 6 atom stereocenters. The molecule has 0 aromatic heterocycles. The van der Waals surface area contributed by atoms with Crippen LogP contribution < -0.4 is 20.7 Å². The van der Waals surface area contributed by atoms with Gasteiger partial charge in [-0.05, 0) is 82.7 Å². The smallest absolute Gasteiger partial charge is 0.258 e. The lowest BCUT2D eigenvalue weighted by Gasteiger charge is -2.47. The molecule has 0 unspecified atom stereocenters. The molecule has 0 spiro atoms. The number of rotatable bonds is 14. The third kappa shape index (κ3) is 10.4. The van der Waals surface area contributed by atoms with Gasteiger partial charge in [-0.1, -0.05) is 86.0 Å². The molecule has 1 saturated heterocycles. The number of aliphatic hydroxyl groups excluding tert-OH is 1. The molecule has 1 aliphatic carbocycles. The van der Waals surface area contributed by atoms with Crippen molar-refractivity contribution in [3.8, 4) is 5.75 Å². The number of nitrogens with one attached hydrogen (secondary N) is 3. The predicted octanol–water partition coefficient (Wildman–Crippen LogP) is 4.41. The second kappa shape index (κ2) is 17.2. The Morgan fingerprint density at radius 1 is 0.889 bits per heavy atom. The highest BCUT2D eigenvalue weighted by Crippen LogP contribution is 2.39. The van der Waals surface area contributed by atoms with Crippen molar-refractivity contribution >= 4 is 38.3 Å². The minimum absolute atomic E-state index is 0.0780. The number of hydrogen-bond donors (Lipinski definition) is 4. The first-order chi connectivity index (χ1) is 25.4. The third-order valence-electron chi connectivity index (χ3n) is 11.1. The summed E-state index contributed by atoms with van der Waals surface area (Å²) in [7, 11) is -3.90. The van der Waals surface area contributed by atoms with Gasteiger partial charge in [-0.15, -0.1) is 0 Å². The molecule has 294 valence electrons. The molecule has 5 rings (SSSR count). The zero-order chi connectivity index (χ0) is 39.3. The monoisotopic (exact) mass is 762 g/mol. The van der Waals surface area contributed by atoms with Crippen molar-refractivity contribution in [2.75, 3.05) is 26.0 Å². The number of carbonyl (C=O) groups is 3. The number of β-amino-alcohol motifs (C(OH)–C–C–N with tert-alkyl or cyclic N) is 1. The highest BCUT2D eigenvalue weighted by atomic mass is 32.2. The zero-order valence-electron chi connectivity index (χ0n) is 32.5. The summed E-state index contributed by atoms with van der Waals surface area (Å²) >= 11 is 0. The third-order valence-corrected chi connectivity index (χ3v) is 13.3. The molecular formula is C42H58N4O7S. The number of ether oxygens (including phenoxy) is 1. The number of nitrogens with zero attached hydrogens (tertiary/aromatic N) is 1. The largest absolute Gasteiger partial charge is 0.483 e. The first kappa shape index (κ1) is 41.2. The Labute approximate surface area is 320 Å². The number of hydrogen-bond acceptors (Lipinski definition) is 8. The van der Waals surface area contributed by atoms with E-state index in [1.807, 2.05) is 87.5 Å². The van der Waals surface area contributed by atoms with Crippen LogP contribution in [0.2, 0.25) is 0 Å². The van der Waals surface area contributed by atoms with Crippen LogP contribution in [0.5, 0.6) is 5.75 Å². The molecule has 54 heavy (non-hydrogen) atoms. The van der Waals surface area contributed by atoms with Gasteiger partial charge < -0.3 is 25.8 Å². The van der Waals surface area contributed by atoms with Crippen LogP contribution >= 0.6 is 0 Å². The van der Waals surface area contributed by atoms with Gasteiger partial charge in [0, 0.05) is 30.3 Å². The molecule has 3 aromatic carbocycles. The summed E-state index contributed by atoms with van der Waals surface area (Å²) in [6.45, 7) is 8.96. The van der Waals surface area contributed by atoms with Crippen molar-refractivity contribution in [2.24, 2.45) is 11.8 Å². The van der Waals surface area contributed by atoms with Gasteiger partial charge in [-0.2, -0.15) is 0 Å². The summed E-state index contributed by atoms with van der Waals surface area (Å²) in [4.78, 5) is 43.5. The van der Waals surface area contributed by atoms with E-state index in [1.54, 1.807) is 6.07 Å². The Balaban J connectivity index is 1.38. The molecule has 2 aliphatic rings. The van der Waals surface area contributed by atoms with Gasteiger partial charge >= 0.3 is 0 Å². The van der Waals surface area contributed by atoms with Gasteiger partial charge in [0.05, 0.1) is 22.9 Å². The quantitative estimate of drug-likeness (QED) is 0.189. The zero-order valence-corrected chi connectivity index (χ0v) is 33.3. The van der Waals surface area contributed by atoms with Crippen LogP contribution in [-0.4, -0.2) is 96.6 Å². The summed E-state index contributed by atoms with van der Waals surface area (Å²) in [5.41, 5.74) is 0.418. The Kier molecular flexibility index (Phi) is 13.1. The number of piperidine rings is 1. The Bertz CT molecular complexity index is 1870. The fourth-order valence-electron chi connectivity index (χ4n) is 7.85. The van der Waals surface area contributed by atoms with Crippen molar-refractivity contribution in [1.82, 2.24) is 20.9 Å². The first-order valence-corrected chi connectivity index (χ1v) is 21.0. The lowest BCUT2D eigenvalue weighted by atomic mass is 9.72. The van der Waals surface area contributed by atoms with E-state index in [9.17, 15) is 27.9 Å². The molecule has 0 bridgehead atoms. The molecule has 12 heteroatoms. The van der Waals surface area contributed by atoms with Crippen LogP contribution in [-0.2, 0) is 30.6 Å². The second-order valence-electron chi connectivity index (χ2n) is 16.8. The van der Waals surface area contributed by atoms with E-state index < -0.39 is 62.8 Å². The van der Waals surface area contributed by atoms with Crippen molar-refractivity contribution < 1.29 is 32.6 Å². The van der Waals surface area contributed by atoms with Gasteiger partial charge in [0.1, 0.15) is 11.8 Å². The van der Waals surface area contributed by atoms with Crippen LogP contribution in [0.15, 0.2) is 72.8 Å². The molecule has 1 saturated carbocycles. The summed E-state index contributed by atoms with van der Waals surface area (Å²) in [6.07, 6.45) is 5.28. The molecule has 11 nitrogen and oxygen atoms in total. The van der Waals surface area contributed by atoms with E-state index in [-0.39, 0.29) is 18.9 Å². The highest BCUT2D eigenvalue weighted by molar-refractivity contribution is 7.92. The Hall–Kier alpha value is -4.00. The van der Waals surface area contributed by atoms with Gasteiger partial charge in [0.25, 0.3) is 5.91 Å². The maximum absolute atomic E-state index is 14.3. The SMILES string of the molecule is CC(C)(C)NC(=O)[C@@H]1C[C@@H]2CCCC[C@@H]2CN1C[C@@H](O)[C@H](Cc1ccccc1)NC(=O)[C@@H](NC(=O)COc1cccc2ccccc12)C(C)(C)S(C)(=O)=O. The van der Waals surface area contributed by atoms with Crippen LogP contribution in [0.3, 0.4) is 0 Å². The maximum Gasteiger partial charge on any atom is 0.258 e. The standard InChI is InChI=1S/C42H58N4O7S/c1-41(2,3)45-39(49)34-24-30-18-10-11-19-31(30)25-46(34)26-35(47)33(23-28-15-8-7-9-16-28)43-40(50)38(42(4,5)54(6,51)52)44-37(48)27-53-36-22-14-20-29-17-12-13-21-32(29)36/h7-9,12-17,20-22,30-31,33-35,38,47H,10-11,18-19,23-27H2,1-6H3,(H,43,50)(H,44,48)(H,45,49)/t30-,31+,33-,34-,35+,38+/m0/s1. The van der Waals surface area contributed by atoms with Crippen molar-refractivity contribution in [1.29, 1.82) is 0 Å². The lowest BCUT2D eigenvalue weighted by molar-refractivity contribution is -0.133. The highest BCUT2D eigenvalue weighted by Gasteiger charge is 2.46. The van der Waals surface area contributed by atoms with Crippen LogP contribution in [0.4, 0.5) is 0 Å². The number of sulfone groups is 1. The molecule has 4 N–H and O–H groups in total. The number of carbonyl (C=O) groups excluding carboxylic acids is 3. The van der Waals surface area contributed by atoms with Crippen molar-refractivity contribution in [2.45, 2.75) is 108 Å². The second-order valence-corrected chi connectivity index (χ2v) is 19.4. The Morgan fingerprint density at radius 3 is 2.22 bits per heavy atom. The predicted molar refractivity (Wildman–Crippen MR) is 212 cm³/mol. The van der Waals surface area contributed by atoms with Crippen LogP contribution in [0.1, 0.15) is 72.3 Å². The van der Waals surface area contributed by atoms with Crippen LogP contribution in [0, 0.1) is 11.8 Å². The van der Waals surface area contributed by atoms with Gasteiger partial charge in [0.2, 0.25) is 11.8 Å². The van der Waals surface area contributed by atoms with E-state index in [4.69, 9.17) is 4.74 Å². The molecule has 1 aliphatic heterocycles. The maximum atomic E-state index is 14.3. The average Bonchev–Trinajstić information content (AvgIpc) is 3.11. The lowest BCUT2D eigenvalue weighted by Crippen LogP contribution is -2.64. The number of amides is 3. The number of aliphatic hydroxyl groups is 1. The molecular weight excluding hydrogens is 705 g/mol. The fourth-order valence-corrected chi connectivity index (χ4v) is 8.44. The van der Waals surface area contributed by atoms with E-state index in [2.05, 4.69) is 20.9 Å². The van der Waals surface area contributed by atoms with E-state index in [0.29, 0.717) is 30.6 Å². The summed E-state index contributed by atoms with van der Waals surface area (Å²) in [5, 5.41) is 22.5. The molecule has 3 amide bonds.